The van der Waals surface area contributed by atoms with Crippen LogP contribution in [0.1, 0.15) is 22.9 Å². The molecule has 3 aromatic rings. The number of aliphatic hydroxyl groups is 1. The quantitative estimate of drug-likeness (QED) is 0.449. The van der Waals surface area contributed by atoms with E-state index in [1.165, 1.54) is 11.1 Å². The van der Waals surface area contributed by atoms with Gasteiger partial charge in [-0.3, -0.25) is 0 Å². The van der Waals surface area contributed by atoms with Crippen LogP contribution in [0.25, 0.3) is 11.3 Å². The fourth-order valence-electron chi connectivity index (χ4n) is 3.73. The molecule has 8 heteroatoms. The molecule has 0 fully saturated rings. The van der Waals surface area contributed by atoms with Crippen LogP contribution in [0.2, 0.25) is 0 Å². The fourth-order valence-corrected chi connectivity index (χ4v) is 4.59. The van der Waals surface area contributed by atoms with Gasteiger partial charge in [0.15, 0.2) is 22.9 Å². The molecule has 0 spiro atoms. The van der Waals surface area contributed by atoms with E-state index in [4.69, 9.17) is 19.7 Å². The molecule has 2 aliphatic heterocycles. The van der Waals surface area contributed by atoms with E-state index in [-0.39, 0.29) is 0 Å². The highest BCUT2D eigenvalue weighted by Crippen LogP contribution is 2.36. The SMILES string of the molecule is ONC(O)c1ccc2c(c1)CCN(c1nc(-c3ccc4c(c3)OCCO4)cs1)C2. The number of thiazole rings is 1. The van der Waals surface area contributed by atoms with Crippen LogP contribution in [0.4, 0.5) is 5.13 Å². The van der Waals surface area contributed by atoms with Gasteiger partial charge in [-0.15, -0.1) is 11.3 Å². The molecule has 7 nitrogen and oxygen atoms in total. The minimum absolute atomic E-state index is 0.569. The number of rotatable bonds is 4. The second kappa shape index (κ2) is 7.64. The topological polar surface area (TPSA) is 87.1 Å². The van der Waals surface area contributed by atoms with Gasteiger partial charge in [-0.1, -0.05) is 18.2 Å². The number of aliphatic hydroxyl groups excluding tert-OH is 1. The highest BCUT2D eigenvalue weighted by atomic mass is 32.1. The lowest BCUT2D eigenvalue weighted by molar-refractivity contribution is 0.000647. The Hall–Kier alpha value is -2.65. The molecule has 0 saturated heterocycles. The van der Waals surface area contributed by atoms with Crippen molar-refractivity contribution in [2.75, 3.05) is 24.7 Å². The van der Waals surface area contributed by atoms with Crippen LogP contribution in [0, 0.1) is 0 Å². The van der Waals surface area contributed by atoms with E-state index in [1.54, 1.807) is 11.3 Å². The van der Waals surface area contributed by atoms with Gasteiger partial charge in [0.1, 0.15) is 13.2 Å². The summed E-state index contributed by atoms with van der Waals surface area (Å²) < 4.78 is 11.3. The van der Waals surface area contributed by atoms with Gasteiger partial charge in [0, 0.05) is 24.0 Å². The number of anilines is 1. The Morgan fingerprint density at radius 3 is 2.79 bits per heavy atom. The Kier molecular flexibility index (Phi) is 4.84. The minimum atomic E-state index is -1.06. The van der Waals surface area contributed by atoms with E-state index in [2.05, 4.69) is 10.3 Å². The molecule has 0 amide bonds. The molecular weight excluding hydrogens is 390 g/mol. The number of fused-ring (bicyclic) bond motifs is 2. The Morgan fingerprint density at radius 1 is 1.07 bits per heavy atom. The maximum Gasteiger partial charge on any atom is 0.186 e. The fraction of sp³-hybridized carbons (Fsp3) is 0.286. The van der Waals surface area contributed by atoms with Crippen molar-refractivity contribution < 1.29 is 19.8 Å². The predicted octanol–water partition coefficient (Wildman–Crippen LogP) is 3.11. The molecule has 2 aliphatic rings. The third-order valence-electron chi connectivity index (χ3n) is 5.28. The van der Waals surface area contributed by atoms with Crippen molar-refractivity contribution in [3.05, 3.63) is 58.5 Å². The summed E-state index contributed by atoms with van der Waals surface area (Å²) in [5.41, 5.74) is 6.89. The van der Waals surface area contributed by atoms with Crippen LogP contribution in [0.15, 0.2) is 41.8 Å². The maximum atomic E-state index is 9.75. The lowest BCUT2D eigenvalue weighted by atomic mass is 9.97. The van der Waals surface area contributed by atoms with Crippen molar-refractivity contribution in [2.24, 2.45) is 0 Å². The monoisotopic (exact) mass is 411 g/mol. The summed E-state index contributed by atoms with van der Waals surface area (Å²) in [4.78, 5) is 7.12. The van der Waals surface area contributed by atoms with Crippen molar-refractivity contribution in [1.29, 1.82) is 0 Å². The van der Waals surface area contributed by atoms with Gasteiger partial charge in [0.25, 0.3) is 0 Å². The second-order valence-corrected chi connectivity index (χ2v) is 7.94. The molecule has 29 heavy (non-hydrogen) atoms. The van der Waals surface area contributed by atoms with Crippen molar-refractivity contribution in [3.8, 4) is 22.8 Å². The van der Waals surface area contributed by atoms with Crippen molar-refractivity contribution in [3.63, 3.8) is 0 Å². The summed E-state index contributed by atoms with van der Waals surface area (Å²) in [6, 6.07) is 11.7. The summed E-state index contributed by atoms with van der Waals surface area (Å²) in [5.74, 6) is 1.55. The lowest BCUT2D eigenvalue weighted by Crippen LogP contribution is -2.30. The standard InChI is InChI=1S/C21H21N3O4S/c25-20(23-26)15-1-2-16-11-24(6-5-13(16)9-15)21-22-17(12-29-21)14-3-4-18-19(10-14)28-8-7-27-18/h1-4,9-10,12,20,23,25-26H,5-8,11H2. The van der Waals surface area contributed by atoms with E-state index in [0.717, 1.165) is 47.4 Å². The zero-order valence-electron chi connectivity index (χ0n) is 15.7. The Morgan fingerprint density at radius 2 is 1.93 bits per heavy atom. The van der Waals surface area contributed by atoms with Crippen molar-refractivity contribution >= 4 is 16.5 Å². The zero-order chi connectivity index (χ0) is 19.8. The molecule has 0 saturated carbocycles. The summed E-state index contributed by atoms with van der Waals surface area (Å²) in [6.07, 6.45) is -0.203. The Balaban J connectivity index is 1.35. The van der Waals surface area contributed by atoms with Crippen LogP contribution < -0.4 is 19.9 Å². The first-order valence-electron chi connectivity index (χ1n) is 9.51. The first kappa shape index (κ1) is 18.4. The van der Waals surface area contributed by atoms with E-state index >= 15 is 0 Å². The van der Waals surface area contributed by atoms with Crippen LogP contribution in [0.5, 0.6) is 11.5 Å². The summed E-state index contributed by atoms with van der Waals surface area (Å²) in [6.45, 7) is 2.78. The van der Waals surface area contributed by atoms with E-state index in [0.29, 0.717) is 18.8 Å². The number of benzene rings is 2. The van der Waals surface area contributed by atoms with Gasteiger partial charge in [-0.05, 0) is 41.3 Å². The number of ether oxygens (including phenoxy) is 2. The van der Waals surface area contributed by atoms with Gasteiger partial charge in [-0.25, -0.2) is 4.98 Å². The Bertz CT molecular complexity index is 1040. The number of nitrogens with one attached hydrogen (secondary N) is 1. The molecule has 0 bridgehead atoms. The second-order valence-electron chi connectivity index (χ2n) is 7.11. The average molecular weight is 411 g/mol. The van der Waals surface area contributed by atoms with Crippen LogP contribution in [-0.2, 0) is 13.0 Å². The minimum Gasteiger partial charge on any atom is -0.486 e. The van der Waals surface area contributed by atoms with E-state index in [9.17, 15) is 5.11 Å². The molecule has 1 unspecified atom stereocenters. The normalized spacial score (nSPS) is 16.4. The molecule has 150 valence electrons. The lowest BCUT2D eigenvalue weighted by Gasteiger charge is -2.29. The number of aromatic nitrogens is 1. The van der Waals surface area contributed by atoms with Crippen molar-refractivity contribution in [2.45, 2.75) is 19.2 Å². The first-order valence-corrected chi connectivity index (χ1v) is 10.4. The molecular formula is C21H21N3O4S. The number of hydrogen-bond donors (Lipinski definition) is 3. The first-order chi connectivity index (χ1) is 14.2. The molecule has 1 aromatic heterocycles. The van der Waals surface area contributed by atoms with Gasteiger partial charge < -0.3 is 24.7 Å². The summed E-state index contributed by atoms with van der Waals surface area (Å²) >= 11 is 1.63. The molecule has 2 aromatic carbocycles. The molecule has 0 radical (unpaired) electrons. The van der Waals surface area contributed by atoms with Crippen LogP contribution in [-0.4, -0.2) is 35.1 Å². The molecule has 1 atom stereocenters. The van der Waals surface area contributed by atoms with Gasteiger partial charge in [0.05, 0.1) is 5.69 Å². The third kappa shape index (κ3) is 3.56. The van der Waals surface area contributed by atoms with Crippen LogP contribution in [0.3, 0.4) is 0 Å². The van der Waals surface area contributed by atoms with E-state index < -0.39 is 6.23 Å². The highest BCUT2D eigenvalue weighted by molar-refractivity contribution is 7.14. The molecule has 3 N–H and O–H groups in total. The zero-order valence-corrected chi connectivity index (χ0v) is 16.5. The highest BCUT2D eigenvalue weighted by Gasteiger charge is 2.21. The summed E-state index contributed by atoms with van der Waals surface area (Å²) in [7, 11) is 0. The van der Waals surface area contributed by atoms with Gasteiger partial charge >= 0.3 is 0 Å². The molecule has 3 heterocycles. The van der Waals surface area contributed by atoms with E-state index in [1.807, 2.05) is 41.9 Å². The average Bonchev–Trinajstić information content (AvgIpc) is 3.28. The summed E-state index contributed by atoms with van der Waals surface area (Å²) in [5, 5.41) is 21.7. The smallest absolute Gasteiger partial charge is 0.186 e. The van der Waals surface area contributed by atoms with Crippen molar-refractivity contribution in [1.82, 2.24) is 10.5 Å². The number of hydrogen-bond acceptors (Lipinski definition) is 8. The maximum absolute atomic E-state index is 9.75. The number of hydroxylamine groups is 1. The van der Waals surface area contributed by atoms with Gasteiger partial charge in [-0.2, -0.15) is 5.48 Å². The number of nitrogens with zero attached hydrogens (tertiary/aromatic N) is 2. The molecule has 5 rings (SSSR count). The third-order valence-corrected chi connectivity index (χ3v) is 6.18. The predicted molar refractivity (Wildman–Crippen MR) is 110 cm³/mol. The molecule has 0 aliphatic carbocycles. The largest absolute Gasteiger partial charge is 0.486 e. The van der Waals surface area contributed by atoms with Gasteiger partial charge in [0.2, 0.25) is 0 Å². The Labute approximate surface area is 172 Å². The van der Waals surface area contributed by atoms with Crippen LogP contribution >= 0.6 is 11.3 Å².